The van der Waals surface area contributed by atoms with Gasteiger partial charge in [0.1, 0.15) is 5.60 Å². The van der Waals surface area contributed by atoms with E-state index >= 15 is 0 Å². The van der Waals surface area contributed by atoms with Gasteiger partial charge in [0.25, 0.3) is 0 Å². The first-order chi connectivity index (χ1) is 13.5. The lowest BCUT2D eigenvalue weighted by Crippen LogP contribution is -2.25. The lowest BCUT2D eigenvalue weighted by atomic mass is 9.92. The maximum Gasteiger partial charge on any atom is 0.306 e. The molecular weight excluding hydrogens is 414 g/mol. The summed E-state index contributed by atoms with van der Waals surface area (Å²) in [6.07, 6.45) is 5.04. The second kappa shape index (κ2) is 12.5. The number of benzene rings is 1. The van der Waals surface area contributed by atoms with Crippen LogP contribution in [0.15, 0.2) is 29.2 Å². The minimum Gasteiger partial charge on any atom is -0.460 e. The topological polar surface area (TPSA) is 92.7 Å². The van der Waals surface area contributed by atoms with E-state index in [9.17, 15) is 13.2 Å². The lowest BCUT2D eigenvalue weighted by molar-refractivity contribution is -0.155. The Kier molecular flexibility index (Phi) is 11.2. The number of ether oxygens (including phenoxy) is 1. The summed E-state index contributed by atoms with van der Waals surface area (Å²) in [7, 11) is -3.53. The second-order valence-electron chi connectivity index (χ2n) is 8.20. The Morgan fingerprint density at radius 3 is 2.31 bits per heavy atom. The molecule has 0 radical (unpaired) electrons. The predicted molar refractivity (Wildman–Crippen MR) is 115 cm³/mol. The van der Waals surface area contributed by atoms with Crippen molar-refractivity contribution < 1.29 is 23.1 Å². The number of rotatable bonds is 13. The van der Waals surface area contributed by atoms with Gasteiger partial charge in [0, 0.05) is 24.6 Å². The van der Waals surface area contributed by atoms with Gasteiger partial charge in [0.2, 0.25) is 10.0 Å². The summed E-state index contributed by atoms with van der Waals surface area (Å²) in [5.74, 6) is 0.102. The Labute approximate surface area is 180 Å². The Balaban J connectivity index is 2.38. The number of sulfonamides is 1. The van der Waals surface area contributed by atoms with E-state index in [-0.39, 0.29) is 17.5 Å². The number of carbonyl (C=O) groups is 1. The van der Waals surface area contributed by atoms with Crippen molar-refractivity contribution in [2.45, 2.75) is 76.2 Å². The summed E-state index contributed by atoms with van der Waals surface area (Å²) >= 11 is 5.79. The van der Waals surface area contributed by atoms with Gasteiger partial charge in [-0.1, -0.05) is 24.4 Å². The lowest BCUT2D eigenvalue weighted by Gasteiger charge is -2.21. The van der Waals surface area contributed by atoms with E-state index in [1.165, 1.54) is 12.1 Å². The van der Waals surface area contributed by atoms with E-state index in [1.54, 1.807) is 12.1 Å². The van der Waals surface area contributed by atoms with Crippen molar-refractivity contribution in [3.63, 3.8) is 0 Å². The summed E-state index contributed by atoms with van der Waals surface area (Å²) in [5, 5.41) is 9.58. The highest BCUT2D eigenvalue weighted by Gasteiger charge is 2.18. The maximum absolute atomic E-state index is 12.2. The minimum absolute atomic E-state index is 0.129. The molecule has 0 aliphatic carbocycles. The molecule has 1 unspecified atom stereocenters. The molecule has 0 spiro atoms. The van der Waals surface area contributed by atoms with Gasteiger partial charge in [-0.05, 0) is 76.6 Å². The molecular formula is C21H34ClNO5S. The summed E-state index contributed by atoms with van der Waals surface area (Å²) in [4.78, 5) is 12.1. The van der Waals surface area contributed by atoms with Crippen LogP contribution in [0.4, 0.5) is 0 Å². The van der Waals surface area contributed by atoms with Crippen molar-refractivity contribution in [3.05, 3.63) is 29.3 Å². The van der Waals surface area contributed by atoms with Crippen LogP contribution in [0.25, 0.3) is 0 Å². The Bertz CT molecular complexity index is 714. The molecule has 0 aliphatic heterocycles. The highest BCUT2D eigenvalue weighted by Crippen LogP contribution is 2.22. The van der Waals surface area contributed by atoms with Gasteiger partial charge < -0.3 is 9.84 Å². The zero-order valence-corrected chi connectivity index (χ0v) is 19.2. The molecule has 1 aromatic carbocycles. The molecule has 0 amide bonds. The third-order valence-corrected chi connectivity index (χ3v) is 6.13. The van der Waals surface area contributed by atoms with Crippen molar-refractivity contribution in [2.24, 2.45) is 5.92 Å². The molecule has 0 heterocycles. The molecule has 29 heavy (non-hydrogen) atoms. The van der Waals surface area contributed by atoms with Gasteiger partial charge >= 0.3 is 5.97 Å². The van der Waals surface area contributed by atoms with Crippen LogP contribution in [0.3, 0.4) is 0 Å². The minimum atomic E-state index is -3.53. The van der Waals surface area contributed by atoms with Crippen LogP contribution >= 0.6 is 11.6 Å². The molecule has 1 atom stereocenters. The van der Waals surface area contributed by atoms with E-state index in [0.717, 1.165) is 19.3 Å². The highest BCUT2D eigenvalue weighted by molar-refractivity contribution is 7.89. The van der Waals surface area contributed by atoms with Crippen LogP contribution in [0.1, 0.15) is 65.7 Å². The molecule has 0 aliphatic rings. The summed E-state index contributed by atoms with van der Waals surface area (Å²) in [6, 6.07) is 6.05. The molecule has 166 valence electrons. The fourth-order valence-electron chi connectivity index (χ4n) is 2.99. The van der Waals surface area contributed by atoms with Gasteiger partial charge in [-0.15, -0.1) is 0 Å². The third kappa shape index (κ3) is 11.6. The van der Waals surface area contributed by atoms with E-state index in [2.05, 4.69) is 4.72 Å². The molecule has 6 nitrogen and oxygen atoms in total. The third-order valence-electron chi connectivity index (χ3n) is 4.40. The van der Waals surface area contributed by atoms with Crippen LogP contribution in [-0.4, -0.2) is 38.2 Å². The number of nitrogens with one attached hydrogen (secondary N) is 1. The summed E-state index contributed by atoms with van der Waals surface area (Å²) < 4.78 is 32.4. The Hall–Kier alpha value is -1.15. The SMILES string of the molecule is CC(C)(C)OC(=O)CCC(CCCO)CCCCNS(=O)(=O)c1ccc(Cl)cc1. The Morgan fingerprint density at radius 2 is 1.72 bits per heavy atom. The summed E-state index contributed by atoms with van der Waals surface area (Å²) in [6.45, 7) is 6.02. The molecule has 0 fully saturated rings. The zero-order valence-electron chi connectivity index (χ0n) is 17.6. The molecule has 0 saturated carbocycles. The van der Waals surface area contributed by atoms with Gasteiger partial charge in [0.15, 0.2) is 0 Å². The van der Waals surface area contributed by atoms with Crippen LogP contribution < -0.4 is 4.72 Å². The second-order valence-corrected chi connectivity index (χ2v) is 10.4. The number of carbonyl (C=O) groups excluding carboxylic acids is 1. The number of hydrogen-bond donors (Lipinski definition) is 2. The van der Waals surface area contributed by atoms with E-state index < -0.39 is 15.6 Å². The average molecular weight is 448 g/mol. The van der Waals surface area contributed by atoms with Crippen LogP contribution in [0, 0.1) is 5.92 Å². The van der Waals surface area contributed by atoms with E-state index in [1.807, 2.05) is 20.8 Å². The zero-order chi connectivity index (χ0) is 21.9. The number of esters is 1. The first-order valence-electron chi connectivity index (χ1n) is 10.1. The first-order valence-corrected chi connectivity index (χ1v) is 12.0. The fraction of sp³-hybridized carbons (Fsp3) is 0.667. The van der Waals surface area contributed by atoms with Gasteiger partial charge in [0.05, 0.1) is 4.90 Å². The van der Waals surface area contributed by atoms with E-state index in [0.29, 0.717) is 43.2 Å². The number of halogens is 1. The average Bonchev–Trinajstić information content (AvgIpc) is 2.62. The summed E-state index contributed by atoms with van der Waals surface area (Å²) in [5.41, 5.74) is -0.487. The van der Waals surface area contributed by atoms with Crippen LogP contribution in [-0.2, 0) is 19.6 Å². The normalized spacial score (nSPS) is 13.3. The molecule has 1 aromatic rings. The largest absolute Gasteiger partial charge is 0.460 e. The predicted octanol–water partition coefficient (Wildman–Crippen LogP) is 4.30. The quantitative estimate of drug-likeness (QED) is 0.347. The first kappa shape index (κ1) is 25.9. The number of hydrogen-bond acceptors (Lipinski definition) is 5. The molecule has 0 saturated heterocycles. The molecule has 0 aromatic heterocycles. The van der Waals surface area contributed by atoms with E-state index in [4.69, 9.17) is 21.4 Å². The van der Waals surface area contributed by atoms with Gasteiger partial charge in [-0.25, -0.2) is 13.1 Å². The number of aliphatic hydroxyl groups excluding tert-OH is 1. The maximum atomic E-state index is 12.2. The van der Waals surface area contributed by atoms with Crippen molar-refractivity contribution >= 4 is 27.6 Å². The van der Waals surface area contributed by atoms with Crippen LogP contribution in [0.5, 0.6) is 0 Å². The van der Waals surface area contributed by atoms with Crippen molar-refractivity contribution in [3.8, 4) is 0 Å². The monoisotopic (exact) mass is 447 g/mol. The smallest absolute Gasteiger partial charge is 0.306 e. The highest BCUT2D eigenvalue weighted by atomic mass is 35.5. The van der Waals surface area contributed by atoms with Crippen molar-refractivity contribution in [1.29, 1.82) is 0 Å². The number of aliphatic hydroxyl groups is 1. The van der Waals surface area contributed by atoms with Gasteiger partial charge in [-0.2, -0.15) is 0 Å². The van der Waals surface area contributed by atoms with Crippen molar-refractivity contribution in [1.82, 2.24) is 4.72 Å². The molecule has 2 N–H and O–H groups in total. The Morgan fingerprint density at radius 1 is 1.10 bits per heavy atom. The van der Waals surface area contributed by atoms with Crippen molar-refractivity contribution in [2.75, 3.05) is 13.2 Å². The fourth-order valence-corrected chi connectivity index (χ4v) is 4.19. The molecule has 8 heteroatoms. The molecule has 1 rings (SSSR count). The van der Waals surface area contributed by atoms with Gasteiger partial charge in [-0.3, -0.25) is 4.79 Å². The van der Waals surface area contributed by atoms with Crippen LogP contribution in [0.2, 0.25) is 5.02 Å². The number of unbranched alkanes of at least 4 members (excludes halogenated alkanes) is 1. The standard InChI is InChI=1S/C21H34ClNO5S/c1-21(2,3)28-20(25)14-9-17(8-6-16-24)7-4-5-15-23-29(26,27)19-12-10-18(22)11-13-19/h10-13,17,23-24H,4-9,14-16H2,1-3H3. The molecule has 0 bridgehead atoms.